The molecule has 7 amide bonds. The first kappa shape index (κ1) is 73.0. The zero-order chi connectivity index (χ0) is 66.3. The fourth-order valence-corrected chi connectivity index (χ4v) is 11.8. The molecule has 3 aromatic carbocycles. The van der Waals surface area contributed by atoms with Crippen LogP contribution in [0.3, 0.4) is 0 Å². The van der Waals surface area contributed by atoms with E-state index in [9.17, 15) is 74.6 Å². The fourth-order valence-electron chi connectivity index (χ4n) is 10.7. The van der Waals surface area contributed by atoms with Crippen molar-refractivity contribution in [3.8, 4) is 44.1 Å². The molecule has 0 bridgehead atoms. The van der Waals surface area contributed by atoms with Gasteiger partial charge >= 0.3 is 29.6 Å². The molecule has 13 atom stereocenters. The number of fused-ring (bicyclic) bond motifs is 2. The summed E-state index contributed by atoms with van der Waals surface area (Å²) in [5, 5.41) is 118. The topological polar surface area (TPSA) is 436 Å². The van der Waals surface area contributed by atoms with E-state index in [0.717, 1.165) is 66.0 Å². The number of β-amino-alcohol motifs (C(OH)–C–C–N with tert-alkyl or cyclic N) is 1. The maximum absolute atomic E-state index is 14.6. The van der Waals surface area contributed by atoms with Gasteiger partial charge in [0.15, 0.2) is 22.6 Å². The largest absolute Gasteiger partial charge is 1.00 e. The van der Waals surface area contributed by atoms with Crippen LogP contribution in [0.15, 0.2) is 79.1 Å². The number of aromatic hydroxyl groups is 1. The molecule has 31 nitrogen and oxygen atoms in total. The second-order valence-corrected chi connectivity index (χ2v) is 23.9. The van der Waals surface area contributed by atoms with Crippen molar-refractivity contribution in [1.82, 2.24) is 56.4 Å². The zero-order valence-electron chi connectivity index (χ0n) is 51.0. The minimum absolute atomic E-state index is 0. The van der Waals surface area contributed by atoms with Crippen LogP contribution in [0.25, 0.3) is 31.7 Å². The number of hydrogen-bond donors (Lipinski definition) is 12. The van der Waals surface area contributed by atoms with E-state index >= 15 is 0 Å². The average molecular weight is 1340 g/mol. The number of ether oxygens (including phenoxy) is 1. The second kappa shape index (κ2) is 34.1. The van der Waals surface area contributed by atoms with E-state index in [0.29, 0.717) is 27.7 Å². The van der Waals surface area contributed by atoms with Crippen molar-refractivity contribution >= 4 is 65.0 Å². The predicted molar refractivity (Wildman–Crippen MR) is 322 cm³/mol. The number of carbonyl (C=O) groups excluding carboxylic acids is 7. The second-order valence-electron chi connectivity index (χ2n) is 22.5. The number of benzene rings is 3. The number of aromatic nitrogens is 4. The molecule has 3 aliphatic heterocycles. The Bertz CT molecular complexity index is 3430. The van der Waals surface area contributed by atoms with Crippen molar-refractivity contribution in [2.75, 3.05) is 32.8 Å². The van der Waals surface area contributed by atoms with Crippen LogP contribution in [0.4, 0.5) is 0 Å². The summed E-state index contributed by atoms with van der Waals surface area (Å²) in [5.74, 6) is -9.02. The number of phenolic OH excluding ortho intramolecular Hbond substituents is 1. The number of nitrogens with zero attached hydrogens (tertiary/aromatic N) is 7. The van der Waals surface area contributed by atoms with Gasteiger partial charge in [0, 0.05) is 62.1 Å². The molecule has 12 N–H and O–H groups in total. The van der Waals surface area contributed by atoms with Crippen LogP contribution in [0, 0.1) is 12.5 Å². The first-order valence-corrected chi connectivity index (χ1v) is 30.9. The summed E-state index contributed by atoms with van der Waals surface area (Å²) in [6, 6.07) is 5.57. The van der Waals surface area contributed by atoms with Crippen molar-refractivity contribution in [2.24, 2.45) is 5.92 Å². The minimum atomic E-state index is -2.16. The maximum atomic E-state index is 14.6. The van der Waals surface area contributed by atoms with Crippen molar-refractivity contribution in [3.63, 3.8) is 0 Å². The van der Waals surface area contributed by atoms with Gasteiger partial charge in [0.1, 0.15) is 47.0 Å². The van der Waals surface area contributed by atoms with E-state index in [1.54, 1.807) is 29.2 Å². The Labute approximate surface area is 563 Å². The number of aliphatic hydroxyl groups is 6. The van der Waals surface area contributed by atoms with Crippen molar-refractivity contribution in [1.29, 1.82) is 0 Å². The van der Waals surface area contributed by atoms with Gasteiger partial charge in [-0.2, -0.15) is 5.10 Å². The number of aliphatic hydroxyl groups excluding tert-OH is 6. The van der Waals surface area contributed by atoms with Crippen LogP contribution in [-0.2, 0) is 44.6 Å². The van der Waals surface area contributed by atoms with Crippen LogP contribution in [0.1, 0.15) is 75.2 Å². The molecule has 3 saturated heterocycles. The Kier molecular flexibility index (Phi) is 26.8. The molecule has 3 aliphatic rings. The molecule has 5 aromatic rings. The van der Waals surface area contributed by atoms with Gasteiger partial charge in [0.05, 0.1) is 54.6 Å². The molecule has 2 aromatic heterocycles. The smallest absolute Gasteiger partial charge is 0.691 e. The summed E-state index contributed by atoms with van der Waals surface area (Å²) >= 11 is 1.26. The molecule has 8 rings (SSSR count). The third-order valence-corrected chi connectivity index (χ3v) is 17.1. The van der Waals surface area contributed by atoms with Gasteiger partial charge in [-0.3, -0.25) is 38.6 Å². The monoisotopic (exact) mass is 1340 g/mol. The molecule has 0 radical (unpaired) electrons. The molecule has 0 spiro atoms. The molecule has 0 unspecified atom stereocenters. The Morgan fingerprint density at radius 2 is 1.52 bits per heavy atom. The molecular formula is C59H71N12NaO19S2. The van der Waals surface area contributed by atoms with Crippen LogP contribution < -0.4 is 70.3 Å². The third-order valence-electron chi connectivity index (χ3n) is 15.7. The van der Waals surface area contributed by atoms with E-state index in [4.69, 9.17) is 15.5 Å². The van der Waals surface area contributed by atoms with Gasteiger partial charge in [0.25, 0.3) is 18.2 Å². The Morgan fingerprint density at radius 3 is 2.20 bits per heavy atom. The zero-order valence-corrected chi connectivity index (χ0v) is 54.6. The number of rotatable bonds is 21. The van der Waals surface area contributed by atoms with E-state index in [2.05, 4.69) is 63.0 Å². The number of amides is 7. The first-order valence-electron chi connectivity index (χ1n) is 29.5. The quantitative estimate of drug-likeness (QED) is 0.00827. The number of unbranched alkanes of at least 4 members (excludes halogenated alkanes) is 3. The Morgan fingerprint density at radius 1 is 0.828 bits per heavy atom. The fraction of sp³-hybridized carbons (Fsp3) is 0.475. The molecular weight excluding hydrogens is 1270 g/mol. The van der Waals surface area contributed by atoms with Crippen LogP contribution >= 0.6 is 23.7 Å². The van der Waals surface area contributed by atoms with Crippen molar-refractivity contribution in [3.05, 3.63) is 102 Å². The van der Waals surface area contributed by atoms with Gasteiger partial charge in [-0.15, -0.1) is 14.5 Å². The number of phenols is 1. The first-order chi connectivity index (χ1) is 44.1. The molecule has 34 heteroatoms. The summed E-state index contributed by atoms with van der Waals surface area (Å²) in [6.45, 7) is 10.4. The summed E-state index contributed by atoms with van der Waals surface area (Å²) in [4.78, 5) is 106. The Balaban J connectivity index is 0.0000123. The van der Waals surface area contributed by atoms with Crippen LogP contribution in [0.5, 0.6) is 17.2 Å². The van der Waals surface area contributed by atoms with Crippen LogP contribution in [0.2, 0.25) is 0 Å². The number of nitrogens with one attached hydrogen (secondary N) is 5. The van der Waals surface area contributed by atoms with Crippen LogP contribution in [-0.4, -0.2) is 213 Å². The van der Waals surface area contributed by atoms with E-state index in [1.165, 1.54) is 36.5 Å². The molecule has 494 valence electrons. The number of carbonyl (C=O) groups is 7. The molecule has 5 heterocycles. The average Bonchev–Trinajstić information content (AvgIpc) is 1.81. The maximum Gasteiger partial charge on any atom is 1.00 e. The number of hydrogen-bond acceptors (Lipinski definition) is 24. The molecule has 0 aliphatic carbocycles. The van der Waals surface area contributed by atoms with E-state index in [1.807, 2.05) is 24.3 Å². The van der Waals surface area contributed by atoms with Gasteiger partial charge in [-0.1, -0.05) is 62.6 Å². The van der Waals surface area contributed by atoms with Gasteiger partial charge in [-0.05, 0) is 67.4 Å². The molecule has 3 fully saturated rings. The SMILES string of the molecule is [C-]#[N+]C[C@@H](O)[C@@H]1NC(=O)[C@H]([C@H](O)Cc2ccc(O)c(OSOO[O-])c2)NC(=O)[C@@H]2C[C@H](O)CN2C(=O)[C@H]([C@H](C)O)NC(=O)[C@@H](NC(=O)c2ccc(-c3nnc(-c4cnn(-c5ccc(OCCCCCC)cc5)c4)s3)cc2)C[C@H](O)CNC(=O)[C@@H]2[C@@H](O)[C@H](C)CN2C1=O.[Na+]. The molecule has 93 heavy (non-hydrogen) atoms. The Hall–Kier alpha value is -7.40. The minimum Gasteiger partial charge on any atom is -0.691 e. The summed E-state index contributed by atoms with van der Waals surface area (Å²) in [5.41, 5.74) is 2.13. The van der Waals surface area contributed by atoms with Crippen molar-refractivity contribution in [2.45, 2.75) is 139 Å². The summed E-state index contributed by atoms with van der Waals surface area (Å²) in [7, 11) is 0. The van der Waals surface area contributed by atoms with Crippen molar-refractivity contribution < 1.29 is 122 Å². The summed E-state index contributed by atoms with van der Waals surface area (Å²) in [6.07, 6.45) is -4.56. The normalized spacial score (nSPS) is 24.3. The van der Waals surface area contributed by atoms with E-state index in [-0.39, 0.29) is 65.3 Å². The van der Waals surface area contributed by atoms with Gasteiger partial charge in [-0.25, -0.2) is 11.3 Å². The standard InChI is InChI=1S/C59H72N12O19S2.Na/c1-5-6-7-8-19-87-39-16-14-36(15-17-39)71-28-35(24-62-71)57-68-67-56(91-57)34-12-10-33(11-13-34)51(79)63-40-22-37(73)25-61-55(83)49-50(78)30(2)27-70(49)59(85)48(44(77)26-60-4)66-54(82)47(43(76)20-32-9-18-42(75)45(21-32)88-92-90-89-86)65-53(81)41-23-38(74)29-69(41)58(84)46(31(3)72)64-52(40)80;/h9-18,21,24,28,30-31,37-38,40-41,43-44,46-50,72-78,86H,5-8,19-20,22-23,25-27,29H2,1-3H3,(H,61,83)(H,63,79)(H,64,80)(H,65,81)(H,66,82);/q;+1/p-1/t30-,31+,37+,38+,40+,41+,43-,44-,46+,47+,48+,49+,50+;/m1./s1. The van der Waals surface area contributed by atoms with E-state index < -0.39 is 165 Å². The van der Waals surface area contributed by atoms with Gasteiger partial charge in [0.2, 0.25) is 42.0 Å². The molecule has 0 saturated carbocycles. The third kappa shape index (κ3) is 18.7. The van der Waals surface area contributed by atoms with Gasteiger partial charge < -0.3 is 91.2 Å². The predicted octanol–water partition coefficient (Wildman–Crippen LogP) is -4.24. The summed E-state index contributed by atoms with van der Waals surface area (Å²) < 4.78 is 16.7.